The molecule has 0 saturated heterocycles. The number of imidazole rings is 1. The average molecular weight is 487 g/mol. The van der Waals surface area contributed by atoms with Crippen LogP contribution in [0.15, 0.2) is 12.4 Å². The van der Waals surface area contributed by atoms with Crippen LogP contribution in [0.5, 0.6) is 0 Å². The van der Waals surface area contributed by atoms with E-state index in [1.165, 1.54) is 0 Å². The number of halogens is 7. The fraction of sp³-hybridized carbons (Fsp3) is 0.667. The van der Waals surface area contributed by atoms with Crippen LogP contribution in [0.3, 0.4) is 0 Å². The van der Waals surface area contributed by atoms with E-state index in [9.17, 15) is 55.5 Å². The minimum Gasteiger partial charge on any atom is -0.421 e. The lowest BCUT2D eigenvalue weighted by Gasteiger charge is -2.22. The van der Waals surface area contributed by atoms with E-state index < -0.39 is 47.0 Å². The van der Waals surface area contributed by atoms with E-state index in [-0.39, 0.29) is 6.54 Å². The van der Waals surface area contributed by atoms with E-state index in [0.29, 0.717) is 0 Å². The van der Waals surface area contributed by atoms with Crippen LogP contribution in [0.2, 0.25) is 0 Å². The lowest BCUT2D eigenvalue weighted by atomic mass is 10.6. The van der Waals surface area contributed by atoms with Crippen molar-refractivity contribution in [1.82, 2.24) is 4.57 Å². The Morgan fingerprint density at radius 2 is 1.36 bits per heavy atom. The zero-order chi connectivity index (χ0) is 22.8. The Hall–Kier alpha value is -1.47. The van der Waals surface area contributed by atoms with E-state index in [1.54, 1.807) is 17.0 Å². The molecule has 0 unspecified atom stereocenters. The lowest BCUT2D eigenvalue weighted by molar-refractivity contribution is -0.677. The first kappa shape index (κ1) is 26.5. The largest absolute Gasteiger partial charge is 0.480 e. The fourth-order valence-electron chi connectivity index (χ4n) is 1.26. The highest BCUT2D eigenvalue weighted by atomic mass is 32.3. The Bertz CT molecular complexity index is 951. The molecule has 166 valence electrons. The molecule has 1 heterocycles. The van der Waals surface area contributed by atoms with E-state index in [0.717, 1.165) is 9.95 Å². The van der Waals surface area contributed by atoms with Gasteiger partial charge in [-0.05, 0) is 0 Å². The van der Waals surface area contributed by atoms with Gasteiger partial charge in [-0.3, -0.25) is 0 Å². The highest BCUT2D eigenvalue weighted by molar-refractivity contribution is 8.13. The Morgan fingerprint density at radius 3 is 1.61 bits per heavy atom. The minimum absolute atomic E-state index is 0.158. The average Bonchev–Trinajstić information content (AvgIpc) is 2.73. The van der Waals surface area contributed by atoms with Gasteiger partial charge in [-0.25, -0.2) is 26.0 Å². The molecule has 0 radical (unpaired) electrons. The fourth-order valence-corrected chi connectivity index (χ4v) is 3.38. The predicted molar refractivity (Wildman–Crippen MR) is 78.5 cm³/mol. The molecular formula is C9H12F7N3O6S3. The smallest absolute Gasteiger partial charge is 0.421 e. The van der Waals surface area contributed by atoms with Gasteiger partial charge in [0.05, 0.1) is 7.05 Å². The van der Waals surface area contributed by atoms with Gasteiger partial charge in [0, 0.05) is 6.92 Å². The third-order valence-corrected chi connectivity index (χ3v) is 6.16. The van der Waals surface area contributed by atoms with Crippen molar-refractivity contribution in [3.05, 3.63) is 22.3 Å². The maximum Gasteiger partial charge on any atom is 0.480 e. The molecule has 0 spiro atoms. The maximum absolute atomic E-state index is 12.2. The summed E-state index contributed by atoms with van der Waals surface area (Å²) >= 11 is 0. The molecule has 0 N–H and O–H groups in total. The molecule has 0 aliphatic heterocycles. The van der Waals surface area contributed by atoms with Crippen LogP contribution in [-0.4, -0.2) is 46.6 Å². The number of aryl methyl sites for hydroxylation is 2. The van der Waals surface area contributed by atoms with Gasteiger partial charge in [0.1, 0.15) is 24.7 Å². The minimum atomic E-state index is -6.72. The van der Waals surface area contributed by atoms with Crippen LogP contribution in [0, 0.1) is 6.92 Å². The molecule has 19 heteroatoms. The van der Waals surface area contributed by atoms with Crippen LogP contribution in [-0.2, 0) is 43.9 Å². The van der Waals surface area contributed by atoms with Crippen molar-refractivity contribution >= 4 is 30.3 Å². The van der Waals surface area contributed by atoms with E-state index >= 15 is 0 Å². The molecule has 0 fully saturated rings. The first-order valence-corrected chi connectivity index (χ1v) is 10.8. The number of alkyl halides is 6. The van der Waals surface area contributed by atoms with Gasteiger partial charge in [-0.2, -0.15) is 34.8 Å². The first-order valence-electron chi connectivity index (χ1n) is 6.41. The molecule has 0 saturated carbocycles. The number of nitrogens with zero attached hydrogens (tertiary/aromatic N) is 3. The molecule has 0 amide bonds. The zero-order valence-electron chi connectivity index (χ0n) is 13.7. The van der Waals surface area contributed by atoms with Crippen molar-refractivity contribution in [3.63, 3.8) is 0 Å². The van der Waals surface area contributed by atoms with Crippen molar-refractivity contribution in [2.45, 2.75) is 24.5 Å². The van der Waals surface area contributed by atoms with Crippen molar-refractivity contribution in [3.8, 4) is 0 Å². The third kappa shape index (κ3) is 7.87. The van der Waals surface area contributed by atoms with Crippen molar-refractivity contribution < 1.29 is 60.0 Å². The highest BCUT2D eigenvalue weighted by Gasteiger charge is 2.46. The molecule has 0 aliphatic carbocycles. The van der Waals surface area contributed by atoms with Gasteiger partial charge in [-0.15, -0.1) is 3.89 Å². The van der Waals surface area contributed by atoms with Crippen LogP contribution >= 0.6 is 0 Å². The van der Waals surface area contributed by atoms with Gasteiger partial charge in [0.15, 0.2) is 20.0 Å². The molecule has 1 rings (SSSR count). The maximum atomic E-state index is 12.2. The van der Waals surface area contributed by atoms with Crippen molar-refractivity contribution in [1.29, 1.82) is 0 Å². The van der Waals surface area contributed by atoms with Gasteiger partial charge in [0.25, 0.3) is 5.82 Å². The SMILES string of the molecule is Cc1n(CCS(=O)(=O)F)cc[n+]1C.O=S(=O)([N-]S(=O)(=O)C(F)(F)F)C(F)(F)F. The summed E-state index contributed by atoms with van der Waals surface area (Å²) in [6.45, 7) is 2.00. The first-order chi connectivity index (χ1) is 12.1. The molecule has 1 aromatic heterocycles. The molecule has 0 aliphatic rings. The number of sulfonamides is 2. The number of hydrogen-bond acceptors (Lipinski definition) is 6. The van der Waals surface area contributed by atoms with E-state index in [2.05, 4.69) is 0 Å². The molecule has 0 bridgehead atoms. The van der Waals surface area contributed by atoms with Gasteiger partial charge in [0.2, 0.25) is 0 Å². The summed E-state index contributed by atoms with van der Waals surface area (Å²) in [4.78, 5) is 0. The third-order valence-electron chi connectivity index (χ3n) is 2.75. The zero-order valence-corrected chi connectivity index (χ0v) is 16.2. The topological polar surface area (TPSA) is 125 Å². The molecule has 9 nitrogen and oxygen atoms in total. The van der Waals surface area contributed by atoms with Crippen LogP contribution in [0.25, 0.3) is 4.13 Å². The number of rotatable bonds is 5. The lowest BCUT2D eigenvalue weighted by Crippen LogP contribution is -2.30. The van der Waals surface area contributed by atoms with Crippen LogP contribution in [0.1, 0.15) is 5.82 Å². The molecule has 28 heavy (non-hydrogen) atoms. The van der Waals surface area contributed by atoms with Crippen LogP contribution < -0.4 is 4.57 Å². The summed E-state index contributed by atoms with van der Waals surface area (Å²) in [5.41, 5.74) is -12.4. The van der Waals surface area contributed by atoms with Crippen molar-refractivity contribution in [2.75, 3.05) is 5.75 Å². The second kappa shape index (κ2) is 8.49. The summed E-state index contributed by atoms with van der Waals surface area (Å²) in [6, 6.07) is 0. The highest BCUT2D eigenvalue weighted by Crippen LogP contribution is 2.36. The van der Waals surface area contributed by atoms with Gasteiger partial charge in [-0.1, -0.05) is 0 Å². The summed E-state index contributed by atoms with van der Waals surface area (Å²) in [6.07, 6.45) is 3.51. The molecule has 0 aromatic carbocycles. The number of hydrogen-bond donors (Lipinski definition) is 0. The number of aromatic nitrogens is 2. The predicted octanol–water partition coefficient (Wildman–Crippen LogP) is 0.980. The van der Waals surface area contributed by atoms with Crippen LogP contribution in [0.4, 0.5) is 30.2 Å². The second-order valence-electron chi connectivity index (χ2n) is 4.81. The van der Waals surface area contributed by atoms with E-state index in [4.69, 9.17) is 0 Å². The molecular weight excluding hydrogens is 475 g/mol. The summed E-state index contributed by atoms with van der Waals surface area (Å²) < 4.78 is 145. The summed E-state index contributed by atoms with van der Waals surface area (Å²) in [7, 11) is -16.0. The molecule has 1 aromatic rings. The summed E-state index contributed by atoms with van der Waals surface area (Å²) in [5.74, 6) is 0.423. The van der Waals surface area contributed by atoms with E-state index in [1.807, 2.05) is 18.5 Å². The van der Waals surface area contributed by atoms with Crippen molar-refractivity contribution in [2.24, 2.45) is 7.05 Å². The Balaban J connectivity index is 0.000000525. The summed E-state index contributed by atoms with van der Waals surface area (Å²) in [5, 5.41) is 0. The Labute approximate surface area is 155 Å². The molecule has 0 atom stereocenters. The Kier molecular flexibility index (Phi) is 8.05. The van der Waals surface area contributed by atoms with Gasteiger partial charge < -0.3 is 4.13 Å². The monoisotopic (exact) mass is 487 g/mol. The Morgan fingerprint density at radius 1 is 0.964 bits per heavy atom. The second-order valence-corrected chi connectivity index (χ2v) is 9.72. The quantitative estimate of drug-likeness (QED) is 0.346. The normalized spacial score (nSPS) is 13.8. The van der Waals surface area contributed by atoms with Gasteiger partial charge >= 0.3 is 21.2 Å². The standard InChI is InChI=1S/C7H12FN2O2S.C2F6NO4S2/c1-7-9(2)3-4-10(7)5-6-13(8,11)12;3-1(4,5)14(10,11)9-15(12,13)2(6,7)8/h3-4H,5-6H2,1-2H3;/q+1;-1.